The molecule has 19 heavy (non-hydrogen) atoms. The van der Waals surface area contributed by atoms with Gasteiger partial charge in [0.15, 0.2) is 5.13 Å². The maximum absolute atomic E-state index is 12.1. The summed E-state index contributed by atoms with van der Waals surface area (Å²) in [5.41, 5.74) is 0.868. The molecule has 1 heterocycles. The molecule has 0 bridgehead atoms. The molecule has 2 rings (SSSR count). The second-order valence-corrected chi connectivity index (χ2v) is 5.33. The lowest BCUT2D eigenvalue weighted by Gasteiger charge is -2.08. The molecule has 1 aromatic heterocycles. The number of hydrogen-bond acceptors (Lipinski definition) is 4. The lowest BCUT2D eigenvalue weighted by molar-refractivity contribution is -0.114. The average Bonchev–Trinajstić information content (AvgIpc) is 2.74. The average molecular weight is 340 g/mol. The van der Waals surface area contributed by atoms with E-state index in [1.165, 1.54) is 18.3 Å². The minimum atomic E-state index is -0.314. The molecule has 2 N–H and O–H groups in total. The third-order valence-corrected chi connectivity index (χ3v) is 3.65. The number of para-hydroxylation sites is 1. The van der Waals surface area contributed by atoms with Crippen molar-refractivity contribution in [3.05, 3.63) is 39.8 Å². The fraction of sp³-hybridized carbons (Fsp3) is 0.0833. The Kier molecular flexibility index (Phi) is 4.28. The SMILES string of the molecule is CC(=O)Nc1ccccc1C(=O)Nc1nc(Br)cs1. The van der Waals surface area contributed by atoms with Gasteiger partial charge >= 0.3 is 0 Å². The summed E-state index contributed by atoms with van der Waals surface area (Å²) >= 11 is 4.53. The largest absolute Gasteiger partial charge is 0.326 e. The highest BCUT2D eigenvalue weighted by Gasteiger charge is 2.13. The molecule has 0 fully saturated rings. The van der Waals surface area contributed by atoms with Gasteiger partial charge in [0, 0.05) is 12.3 Å². The lowest BCUT2D eigenvalue weighted by atomic mass is 10.1. The van der Waals surface area contributed by atoms with Crippen LogP contribution in [0.1, 0.15) is 17.3 Å². The van der Waals surface area contributed by atoms with Crippen molar-refractivity contribution in [3.8, 4) is 0 Å². The van der Waals surface area contributed by atoms with E-state index < -0.39 is 0 Å². The molecule has 2 aromatic rings. The molecule has 0 aliphatic rings. The Morgan fingerprint density at radius 1 is 1.26 bits per heavy atom. The first-order chi connectivity index (χ1) is 9.06. The monoisotopic (exact) mass is 339 g/mol. The smallest absolute Gasteiger partial charge is 0.259 e. The van der Waals surface area contributed by atoms with E-state index in [4.69, 9.17) is 0 Å². The van der Waals surface area contributed by atoms with Crippen LogP contribution in [-0.4, -0.2) is 16.8 Å². The third kappa shape index (κ3) is 3.62. The molecule has 7 heteroatoms. The van der Waals surface area contributed by atoms with Gasteiger partial charge in [0.2, 0.25) is 5.91 Å². The Bertz CT molecular complexity index is 627. The minimum absolute atomic E-state index is 0.225. The van der Waals surface area contributed by atoms with Crippen LogP contribution in [-0.2, 0) is 4.79 Å². The van der Waals surface area contributed by atoms with E-state index in [-0.39, 0.29) is 11.8 Å². The van der Waals surface area contributed by atoms with Crippen molar-refractivity contribution in [1.29, 1.82) is 0 Å². The Balaban J connectivity index is 2.21. The number of rotatable bonds is 3. The van der Waals surface area contributed by atoms with E-state index in [9.17, 15) is 9.59 Å². The summed E-state index contributed by atoms with van der Waals surface area (Å²) in [7, 11) is 0. The van der Waals surface area contributed by atoms with E-state index in [1.54, 1.807) is 29.6 Å². The number of halogens is 1. The number of anilines is 2. The Morgan fingerprint density at radius 3 is 2.63 bits per heavy atom. The van der Waals surface area contributed by atoms with Crippen LogP contribution in [0.25, 0.3) is 0 Å². The molecule has 98 valence electrons. The normalized spacial score (nSPS) is 10.0. The second kappa shape index (κ2) is 5.94. The number of amides is 2. The quantitative estimate of drug-likeness (QED) is 0.902. The van der Waals surface area contributed by atoms with Crippen LogP contribution in [0.5, 0.6) is 0 Å². The van der Waals surface area contributed by atoms with Gasteiger partial charge in [-0.2, -0.15) is 0 Å². The van der Waals surface area contributed by atoms with Crippen molar-refractivity contribution in [2.75, 3.05) is 10.6 Å². The molecule has 0 unspecified atom stereocenters. The van der Waals surface area contributed by atoms with Gasteiger partial charge in [-0.15, -0.1) is 11.3 Å². The van der Waals surface area contributed by atoms with Crippen molar-refractivity contribution in [1.82, 2.24) is 4.98 Å². The number of benzene rings is 1. The van der Waals surface area contributed by atoms with Crippen LogP contribution in [0.15, 0.2) is 34.2 Å². The van der Waals surface area contributed by atoms with Crippen LogP contribution in [0.3, 0.4) is 0 Å². The molecule has 5 nitrogen and oxygen atoms in total. The van der Waals surface area contributed by atoms with E-state index in [1.807, 2.05) is 0 Å². The third-order valence-electron chi connectivity index (χ3n) is 2.18. The first kappa shape index (κ1) is 13.7. The summed E-state index contributed by atoms with van der Waals surface area (Å²) in [6.45, 7) is 1.40. The molecule has 2 amide bonds. The summed E-state index contributed by atoms with van der Waals surface area (Å²) in [4.78, 5) is 27.3. The minimum Gasteiger partial charge on any atom is -0.326 e. The van der Waals surface area contributed by atoms with Crippen molar-refractivity contribution >= 4 is 49.9 Å². The molecule has 0 saturated carbocycles. The first-order valence-corrected chi connectivity index (χ1v) is 7.02. The number of nitrogens with one attached hydrogen (secondary N) is 2. The van der Waals surface area contributed by atoms with Crippen LogP contribution < -0.4 is 10.6 Å². The molecule has 0 aliphatic heterocycles. The molecule has 0 radical (unpaired) electrons. The molecular weight excluding hydrogens is 330 g/mol. The second-order valence-electron chi connectivity index (χ2n) is 3.66. The first-order valence-electron chi connectivity index (χ1n) is 5.35. The van der Waals surface area contributed by atoms with Crippen LogP contribution >= 0.6 is 27.3 Å². The fourth-order valence-electron chi connectivity index (χ4n) is 1.46. The zero-order valence-corrected chi connectivity index (χ0v) is 12.3. The summed E-state index contributed by atoms with van der Waals surface area (Å²) in [5.74, 6) is -0.538. The van der Waals surface area contributed by atoms with E-state index in [0.29, 0.717) is 21.0 Å². The number of aromatic nitrogens is 1. The van der Waals surface area contributed by atoms with Crippen LogP contribution in [0, 0.1) is 0 Å². The number of nitrogens with zero attached hydrogens (tertiary/aromatic N) is 1. The van der Waals surface area contributed by atoms with E-state index >= 15 is 0 Å². The summed E-state index contributed by atoms with van der Waals surface area (Å²) in [6, 6.07) is 6.80. The van der Waals surface area contributed by atoms with Gasteiger partial charge in [0.05, 0.1) is 11.3 Å². The van der Waals surface area contributed by atoms with Gasteiger partial charge in [-0.05, 0) is 28.1 Å². The number of carbonyl (C=O) groups excluding carboxylic acids is 2. The van der Waals surface area contributed by atoms with Gasteiger partial charge in [0.25, 0.3) is 5.91 Å². The Hall–Kier alpha value is -1.73. The van der Waals surface area contributed by atoms with E-state index in [2.05, 4.69) is 31.5 Å². The lowest BCUT2D eigenvalue weighted by Crippen LogP contribution is -2.16. The summed E-state index contributed by atoms with van der Waals surface area (Å²) < 4.78 is 0.669. The van der Waals surface area contributed by atoms with Gasteiger partial charge in [-0.25, -0.2) is 4.98 Å². The van der Waals surface area contributed by atoms with Crippen LogP contribution in [0.4, 0.5) is 10.8 Å². The number of carbonyl (C=O) groups is 2. The highest BCUT2D eigenvalue weighted by atomic mass is 79.9. The molecule has 0 atom stereocenters. The van der Waals surface area contributed by atoms with E-state index in [0.717, 1.165) is 0 Å². The zero-order valence-electron chi connectivity index (χ0n) is 9.94. The summed E-state index contributed by atoms with van der Waals surface area (Å²) in [5, 5.41) is 7.57. The topological polar surface area (TPSA) is 71.1 Å². The zero-order chi connectivity index (χ0) is 13.8. The molecule has 0 saturated heterocycles. The Labute approximate surface area is 122 Å². The highest BCUT2D eigenvalue weighted by molar-refractivity contribution is 9.10. The van der Waals surface area contributed by atoms with Gasteiger partial charge in [0.1, 0.15) is 4.60 Å². The van der Waals surface area contributed by atoms with Crippen LogP contribution in [0.2, 0.25) is 0 Å². The molecular formula is C12H10BrN3O2S. The molecule has 0 spiro atoms. The van der Waals surface area contributed by atoms with Gasteiger partial charge in [-0.1, -0.05) is 12.1 Å². The standard InChI is InChI=1S/C12H10BrN3O2S/c1-7(17)14-9-5-3-2-4-8(9)11(18)16-12-15-10(13)6-19-12/h2-6H,1H3,(H,14,17)(H,15,16,18). The van der Waals surface area contributed by atoms with Crippen molar-refractivity contribution in [2.24, 2.45) is 0 Å². The predicted molar refractivity (Wildman–Crippen MR) is 78.5 cm³/mol. The van der Waals surface area contributed by atoms with Crippen molar-refractivity contribution < 1.29 is 9.59 Å². The Morgan fingerprint density at radius 2 is 2.00 bits per heavy atom. The summed E-state index contributed by atoms with van der Waals surface area (Å²) in [6.07, 6.45) is 0. The number of hydrogen-bond donors (Lipinski definition) is 2. The maximum Gasteiger partial charge on any atom is 0.259 e. The maximum atomic E-state index is 12.1. The molecule has 1 aromatic carbocycles. The van der Waals surface area contributed by atoms with Crippen molar-refractivity contribution in [2.45, 2.75) is 6.92 Å². The fourth-order valence-corrected chi connectivity index (χ4v) is 2.60. The van der Waals surface area contributed by atoms with Crippen molar-refractivity contribution in [3.63, 3.8) is 0 Å². The highest BCUT2D eigenvalue weighted by Crippen LogP contribution is 2.22. The molecule has 0 aliphatic carbocycles. The predicted octanol–water partition coefficient (Wildman–Crippen LogP) is 3.12. The number of thiazole rings is 1. The van der Waals surface area contributed by atoms with Gasteiger partial charge in [-0.3, -0.25) is 14.9 Å². The van der Waals surface area contributed by atoms with Gasteiger partial charge < -0.3 is 5.32 Å².